The Labute approximate surface area is 125 Å². The highest BCUT2D eigenvalue weighted by Crippen LogP contribution is 2.44. The lowest BCUT2D eigenvalue weighted by Gasteiger charge is -2.32. The summed E-state index contributed by atoms with van der Waals surface area (Å²) in [5, 5.41) is 4.30. The summed E-state index contributed by atoms with van der Waals surface area (Å²) in [6.07, 6.45) is 6.05. The Morgan fingerprint density at radius 1 is 1.24 bits per heavy atom. The van der Waals surface area contributed by atoms with Crippen molar-refractivity contribution in [2.24, 2.45) is 0 Å². The van der Waals surface area contributed by atoms with E-state index >= 15 is 0 Å². The fraction of sp³-hybridized carbons (Fsp3) is 0.471. The normalized spacial score (nSPS) is 17.6. The second kappa shape index (κ2) is 5.43. The predicted molar refractivity (Wildman–Crippen MR) is 83.3 cm³/mol. The number of nitrogens with two attached hydrogens (primary N) is 1. The molecule has 4 nitrogen and oxygen atoms in total. The number of methoxy groups -OCH3 is 1. The molecule has 1 saturated carbocycles. The van der Waals surface area contributed by atoms with Crippen LogP contribution in [0, 0.1) is 0 Å². The van der Waals surface area contributed by atoms with Gasteiger partial charge >= 0.3 is 0 Å². The first-order valence-corrected chi connectivity index (χ1v) is 7.54. The van der Waals surface area contributed by atoms with Crippen molar-refractivity contribution in [1.29, 1.82) is 0 Å². The molecule has 0 amide bonds. The van der Waals surface area contributed by atoms with E-state index < -0.39 is 0 Å². The van der Waals surface area contributed by atoms with Crippen LogP contribution >= 0.6 is 0 Å². The van der Waals surface area contributed by atoms with Crippen LogP contribution in [0.15, 0.2) is 28.8 Å². The summed E-state index contributed by atoms with van der Waals surface area (Å²) in [6.45, 7) is 2.27. The van der Waals surface area contributed by atoms with E-state index in [1.807, 2.05) is 24.3 Å². The fourth-order valence-electron chi connectivity index (χ4n) is 3.34. The van der Waals surface area contributed by atoms with Crippen LogP contribution in [-0.4, -0.2) is 12.3 Å². The summed E-state index contributed by atoms with van der Waals surface area (Å²) in [4.78, 5) is 0. The lowest BCUT2D eigenvalue weighted by atomic mass is 9.72. The van der Waals surface area contributed by atoms with Gasteiger partial charge in [-0.1, -0.05) is 43.5 Å². The molecule has 0 aliphatic heterocycles. The van der Waals surface area contributed by atoms with Crippen LogP contribution in [-0.2, 0) is 5.41 Å². The Balaban J connectivity index is 2.08. The average molecular weight is 286 g/mol. The summed E-state index contributed by atoms with van der Waals surface area (Å²) < 4.78 is 10.6. The van der Waals surface area contributed by atoms with Crippen LogP contribution in [0.1, 0.15) is 44.7 Å². The number of nitrogens with zero attached hydrogens (tertiary/aromatic N) is 1. The van der Waals surface area contributed by atoms with Gasteiger partial charge in [0.05, 0.1) is 18.4 Å². The molecule has 1 aliphatic carbocycles. The van der Waals surface area contributed by atoms with Gasteiger partial charge in [-0.25, -0.2) is 0 Å². The maximum absolute atomic E-state index is 6.06. The number of benzene rings is 1. The minimum Gasteiger partial charge on any atom is -0.497 e. The van der Waals surface area contributed by atoms with Crippen LogP contribution in [0.4, 0.5) is 5.88 Å². The maximum Gasteiger partial charge on any atom is 0.230 e. The Morgan fingerprint density at radius 2 is 2.00 bits per heavy atom. The molecule has 2 aromatic rings. The SMILES string of the molecule is COc1cccc(-c2c(C3(C)CCCCC3)noc2N)c1. The molecule has 2 N–H and O–H groups in total. The second-order valence-corrected chi connectivity index (χ2v) is 6.12. The van der Waals surface area contributed by atoms with Crippen molar-refractivity contribution in [1.82, 2.24) is 5.16 Å². The van der Waals surface area contributed by atoms with Crippen LogP contribution in [0.3, 0.4) is 0 Å². The van der Waals surface area contributed by atoms with Crippen molar-refractivity contribution in [2.75, 3.05) is 12.8 Å². The van der Waals surface area contributed by atoms with Gasteiger partial charge in [-0.15, -0.1) is 0 Å². The second-order valence-electron chi connectivity index (χ2n) is 6.12. The van der Waals surface area contributed by atoms with Crippen molar-refractivity contribution in [3.63, 3.8) is 0 Å². The van der Waals surface area contributed by atoms with Crippen LogP contribution in [0.25, 0.3) is 11.1 Å². The molecular formula is C17H22N2O2. The third kappa shape index (κ3) is 2.50. The van der Waals surface area contributed by atoms with Gasteiger partial charge in [0.1, 0.15) is 5.75 Å². The molecule has 0 spiro atoms. The van der Waals surface area contributed by atoms with Gasteiger partial charge in [0.15, 0.2) is 0 Å². The number of rotatable bonds is 3. The maximum atomic E-state index is 6.06. The van der Waals surface area contributed by atoms with Gasteiger partial charge in [-0.2, -0.15) is 0 Å². The van der Waals surface area contributed by atoms with E-state index in [2.05, 4.69) is 12.1 Å². The molecule has 0 atom stereocenters. The monoisotopic (exact) mass is 286 g/mol. The molecule has 0 bridgehead atoms. The number of hydrogen-bond donors (Lipinski definition) is 1. The molecule has 0 unspecified atom stereocenters. The van der Waals surface area contributed by atoms with Crippen molar-refractivity contribution < 1.29 is 9.26 Å². The van der Waals surface area contributed by atoms with Crippen molar-refractivity contribution in [3.05, 3.63) is 30.0 Å². The number of nitrogen functional groups attached to an aromatic ring is 1. The summed E-state index contributed by atoms with van der Waals surface area (Å²) in [7, 11) is 1.67. The van der Waals surface area contributed by atoms with Crippen molar-refractivity contribution in [2.45, 2.75) is 44.4 Å². The topological polar surface area (TPSA) is 61.3 Å². The standard InChI is InChI=1S/C17H22N2O2/c1-17(9-4-3-5-10-17)15-14(16(18)21-19-15)12-7-6-8-13(11-12)20-2/h6-8,11H,3-5,9-10,18H2,1-2H3. The molecule has 112 valence electrons. The van der Waals surface area contributed by atoms with Crippen molar-refractivity contribution in [3.8, 4) is 16.9 Å². The molecule has 3 rings (SSSR count). The van der Waals surface area contributed by atoms with E-state index in [4.69, 9.17) is 15.0 Å². The van der Waals surface area contributed by atoms with Crippen molar-refractivity contribution >= 4 is 5.88 Å². The number of aromatic nitrogens is 1. The van der Waals surface area contributed by atoms with E-state index in [9.17, 15) is 0 Å². The zero-order valence-electron chi connectivity index (χ0n) is 12.7. The van der Waals surface area contributed by atoms with E-state index in [0.717, 1.165) is 35.4 Å². The lowest BCUT2D eigenvalue weighted by Crippen LogP contribution is -2.26. The highest BCUT2D eigenvalue weighted by Gasteiger charge is 2.35. The summed E-state index contributed by atoms with van der Waals surface area (Å²) in [5.41, 5.74) is 9.05. The minimum atomic E-state index is 0.0534. The van der Waals surface area contributed by atoms with E-state index in [1.165, 1.54) is 19.3 Å². The number of hydrogen-bond acceptors (Lipinski definition) is 4. The van der Waals surface area contributed by atoms with E-state index in [-0.39, 0.29) is 5.41 Å². The predicted octanol–water partition coefficient (Wildman–Crippen LogP) is 4.15. The molecule has 1 aromatic heterocycles. The minimum absolute atomic E-state index is 0.0534. The molecule has 1 aliphatic rings. The zero-order chi connectivity index (χ0) is 14.9. The molecule has 21 heavy (non-hydrogen) atoms. The number of anilines is 1. The third-order valence-electron chi connectivity index (χ3n) is 4.61. The zero-order valence-corrected chi connectivity index (χ0v) is 12.7. The third-order valence-corrected chi connectivity index (χ3v) is 4.61. The van der Waals surface area contributed by atoms with Crippen LogP contribution in [0.5, 0.6) is 5.75 Å². The summed E-state index contributed by atoms with van der Waals surface area (Å²) in [6, 6.07) is 7.91. The first-order chi connectivity index (χ1) is 10.1. The molecule has 4 heteroatoms. The van der Waals surface area contributed by atoms with Gasteiger partial charge in [0.25, 0.3) is 0 Å². The van der Waals surface area contributed by atoms with Crippen LogP contribution in [0.2, 0.25) is 0 Å². The first kappa shape index (κ1) is 14.0. The summed E-state index contributed by atoms with van der Waals surface area (Å²) >= 11 is 0. The highest BCUT2D eigenvalue weighted by molar-refractivity contribution is 5.77. The molecule has 0 radical (unpaired) electrons. The Hall–Kier alpha value is -1.97. The quantitative estimate of drug-likeness (QED) is 0.920. The van der Waals surface area contributed by atoms with E-state index in [0.29, 0.717) is 5.88 Å². The summed E-state index contributed by atoms with van der Waals surface area (Å²) in [5.74, 6) is 1.21. The number of ether oxygens (including phenoxy) is 1. The van der Waals surface area contributed by atoms with E-state index in [1.54, 1.807) is 7.11 Å². The molecule has 1 heterocycles. The Kier molecular flexibility index (Phi) is 3.62. The largest absolute Gasteiger partial charge is 0.497 e. The fourth-order valence-corrected chi connectivity index (χ4v) is 3.34. The highest BCUT2D eigenvalue weighted by atomic mass is 16.5. The average Bonchev–Trinajstić information content (AvgIpc) is 2.90. The van der Waals surface area contributed by atoms with Gasteiger partial charge in [-0.05, 0) is 30.5 Å². The molecule has 1 aromatic carbocycles. The van der Waals surface area contributed by atoms with Gasteiger partial charge in [0, 0.05) is 5.41 Å². The van der Waals surface area contributed by atoms with Gasteiger partial charge < -0.3 is 15.0 Å². The Bertz CT molecular complexity index is 627. The van der Waals surface area contributed by atoms with Gasteiger partial charge in [-0.3, -0.25) is 0 Å². The smallest absolute Gasteiger partial charge is 0.230 e. The molecular weight excluding hydrogens is 264 g/mol. The Morgan fingerprint density at radius 3 is 2.71 bits per heavy atom. The van der Waals surface area contributed by atoms with Gasteiger partial charge in [0.2, 0.25) is 5.88 Å². The molecule has 1 fully saturated rings. The lowest BCUT2D eigenvalue weighted by molar-refractivity contribution is 0.295. The molecule has 0 saturated heterocycles. The first-order valence-electron chi connectivity index (χ1n) is 7.54. The van der Waals surface area contributed by atoms with Crippen LogP contribution < -0.4 is 10.5 Å².